The van der Waals surface area contributed by atoms with Crippen LogP contribution < -0.4 is 14.8 Å². The van der Waals surface area contributed by atoms with Crippen LogP contribution in [0.2, 0.25) is 0 Å². The van der Waals surface area contributed by atoms with Crippen molar-refractivity contribution < 1.29 is 19.1 Å². The summed E-state index contributed by atoms with van der Waals surface area (Å²) in [7, 11) is 3.11. The minimum absolute atomic E-state index is 0.282. The largest absolute Gasteiger partial charge is 0.493 e. The maximum Gasteiger partial charge on any atom is 0.287 e. The summed E-state index contributed by atoms with van der Waals surface area (Å²) in [6.45, 7) is 3.42. The number of hydrogen-bond donors (Lipinski definition) is 1. The van der Waals surface area contributed by atoms with Crippen LogP contribution in [0.5, 0.6) is 11.5 Å². The zero-order chi connectivity index (χ0) is 13.7. The molecule has 98 valence electrons. The number of aryl methyl sites for hydroxylation is 1. The van der Waals surface area contributed by atoms with E-state index in [4.69, 9.17) is 9.47 Å². The summed E-state index contributed by atoms with van der Waals surface area (Å²) in [5.74, 6) is 0.129. The minimum Gasteiger partial charge on any atom is -0.493 e. The van der Waals surface area contributed by atoms with Gasteiger partial charge in [0, 0.05) is 13.5 Å². The molecule has 0 spiro atoms. The molecule has 5 nitrogen and oxygen atoms in total. The van der Waals surface area contributed by atoms with Crippen LogP contribution >= 0.6 is 0 Å². The predicted molar refractivity (Wildman–Crippen MR) is 66.8 cm³/mol. The Morgan fingerprint density at radius 1 is 1.17 bits per heavy atom. The van der Waals surface area contributed by atoms with Crippen molar-refractivity contribution in [2.75, 3.05) is 14.2 Å². The van der Waals surface area contributed by atoms with Gasteiger partial charge >= 0.3 is 0 Å². The Morgan fingerprint density at radius 2 is 1.72 bits per heavy atom. The van der Waals surface area contributed by atoms with E-state index < -0.39 is 11.7 Å². The Bertz CT molecular complexity index is 468. The highest BCUT2D eigenvalue weighted by Gasteiger charge is 2.11. The average Bonchev–Trinajstić information content (AvgIpc) is 2.36. The first-order valence-electron chi connectivity index (χ1n) is 5.49. The number of hydrogen-bond acceptors (Lipinski definition) is 4. The van der Waals surface area contributed by atoms with Gasteiger partial charge in [0.25, 0.3) is 5.91 Å². The molecule has 0 radical (unpaired) electrons. The van der Waals surface area contributed by atoms with E-state index in [1.807, 2.05) is 13.0 Å². The smallest absolute Gasteiger partial charge is 0.287 e. The molecule has 0 aromatic heterocycles. The first kappa shape index (κ1) is 14.0. The van der Waals surface area contributed by atoms with Gasteiger partial charge in [-0.3, -0.25) is 9.59 Å². The fourth-order valence-corrected chi connectivity index (χ4v) is 1.51. The van der Waals surface area contributed by atoms with E-state index in [1.165, 1.54) is 6.92 Å². The van der Waals surface area contributed by atoms with Gasteiger partial charge in [0.05, 0.1) is 14.2 Å². The molecule has 1 N–H and O–H groups in total. The van der Waals surface area contributed by atoms with Crippen LogP contribution in [0, 0.1) is 6.92 Å². The van der Waals surface area contributed by atoms with Crippen molar-refractivity contribution >= 4 is 11.7 Å². The van der Waals surface area contributed by atoms with Crippen LogP contribution in [0.25, 0.3) is 0 Å². The van der Waals surface area contributed by atoms with Gasteiger partial charge in [-0.05, 0) is 30.2 Å². The number of benzene rings is 1. The van der Waals surface area contributed by atoms with E-state index in [-0.39, 0.29) is 6.54 Å². The molecule has 0 aliphatic heterocycles. The second-order valence-corrected chi connectivity index (χ2v) is 3.87. The summed E-state index contributed by atoms with van der Waals surface area (Å²) in [6.07, 6.45) is 0. The molecule has 0 bridgehead atoms. The van der Waals surface area contributed by atoms with Gasteiger partial charge in [-0.1, -0.05) is 0 Å². The van der Waals surface area contributed by atoms with Crippen molar-refractivity contribution in [3.8, 4) is 11.5 Å². The SMILES string of the molecule is COc1cc(C)c(CNC(=O)C(C)=O)cc1OC. The number of carbonyl (C=O) groups is 2. The number of methoxy groups -OCH3 is 2. The zero-order valence-corrected chi connectivity index (χ0v) is 11.0. The number of ether oxygens (including phenoxy) is 2. The predicted octanol–water partition coefficient (Wildman–Crippen LogP) is 1.22. The van der Waals surface area contributed by atoms with Gasteiger partial charge in [0.2, 0.25) is 5.78 Å². The first-order chi connectivity index (χ1) is 8.49. The Kier molecular flexibility index (Phi) is 4.71. The molecule has 18 heavy (non-hydrogen) atoms. The summed E-state index contributed by atoms with van der Waals surface area (Å²) < 4.78 is 10.4. The molecule has 5 heteroatoms. The highest BCUT2D eigenvalue weighted by Crippen LogP contribution is 2.30. The summed E-state index contributed by atoms with van der Waals surface area (Å²) in [4.78, 5) is 22.0. The van der Waals surface area contributed by atoms with Crippen molar-refractivity contribution in [2.45, 2.75) is 20.4 Å². The Labute approximate surface area is 106 Å². The lowest BCUT2D eigenvalue weighted by molar-refractivity contribution is -0.136. The monoisotopic (exact) mass is 251 g/mol. The van der Waals surface area contributed by atoms with Crippen molar-refractivity contribution in [1.29, 1.82) is 0 Å². The number of rotatable bonds is 5. The lowest BCUT2D eigenvalue weighted by Gasteiger charge is -2.13. The van der Waals surface area contributed by atoms with E-state index >= 15 is 0 Å². The third-order valence-electron chi connectivity index (χ3n) is 2.60. The average molecular weight is 251 g/mol. The standard InChI is InChI=1S/C13H17NO4/c1-8-5-11(17-3)12(18-4)6-10(8)7-14-13(16)9(2)15/h5-6H,7H2,1-4H3,(H,14,16). The Hall–Kier alpha value is -2.04. The molecule has 0 saturated heterocycles. The highest BCUT2D eigenvalue weighted by molar-refractivity contribution is 6.35. The zero-order valence-electron chi connectivity index (χ0n) is 11.0. The maximum atomic E-state index is 11.2. The molecular formula is C13H17NO4. The first-order valence-corrected chi connectivity index (χ1v) is 5.49. The molecule has 0 heterocycles. The van der Waals surface area contributed by atoms with Gasteiger partial charge in [0.1, 0.15) is 0 Å². The maximum absolute atomic E-state index is 11.2. The van der Waals surface area contributed by atoms with E-state index in [1.54, 1.807) is 20.3 Å². The fraction of sp³-hybridized carbons (Fsp3) is 0.385. The molecule has 0 saturated carbocycles. The fourth-order valence-electron chi connectivity index (χ4n) is 1.51. The molecule has 0 aliphatic rings. The normalized spacial score (nSPS) is 9.78. The number of ketones is 1. The Morgan fingerprint density at radius 3 is 2.22 bits per heavy atom. The number of carbonyl (C=O) groups excluding carboxylic acids is 2. The van der Waals surface area contributed by atoms with Crippen LogP contribution in [0.15, 0.2) is 12.1 Å². The third-order valence-corrected chi connectivity index (χ3v) is 2.60. The lowest BCUT2D eigenvalue weighted by atomic mass is 10.1. The second-order valence-electron chi connectivity index (χ2n) is 3.87. The van der Waals surface area contributed by atoms with Crippen molar-refractivity contribution in [1.82, 2.24) is 5.32 Å². The summed E-state index contributed by atoms with van der Waals surface area (Å²) >= 11 is 0. The highest BCUT2D eigenvalue weighted by atomic mass is 16.5. The second kappa shape index (κ2) is 6.05. The van der Waals surface area contributed by atoms with Crippen molar-refractivity contribution in [3.05, 3.63) is 23.3 Å². The molecule has 0 aliphatic carbocycles. The molecule has 0 fully saturated rings. The van der Waals surface area contributed by atoms with Crippen LogP contribution in [-0.4, -0.2) is 25.9 Å². The number of Topliss-reactive ketones (excluding diaryl/α,β-unsaturated/α-hetero) is 1. The molecule has 0 atom stereocenters. The van der Waals surface area contributed by atoms with Gasteiger partial charge in [-0.25, -0.2) is 0 Å². The van der Waals surface area contributed by atoms with E-state index in [2.05, 4.69) is 5.32 Å². The Balaban J connectivity index is 2.89. The van der Waals surface area contributed by atoms with Gasteiger partial charge in [-0.15, -0.1) is 0 Å². The molecule has 1 rings (SSSR count). The summed E-state index contributed by atoms with van der Waals surface area (Å²) in [5.41, 5.74) is 1.83. The van der Waals surface area contributed by atoms with Crippen LogP contribution in [0.4, 0.5) is 0 Å². The van der Waals surface area contributed by atoms with E-state index in [0.717, 1.165) is 11.1 Å². The van der Waals surface area contributed by atoms with Gasteiger partial charge in [0.15, 0.2) is 11.5 Å². The number of amides is 1. The quantitative estimate of drug-likeness (QED) is 0.799. The summed E-state index contributed by atoms with van der Waals surface area (Å²) in [6, 6.07) is 3.61. The van der Waals surface area contributed by atoms with Crippen LogP contribution in [0.1, 0.15) is 18.1 Å². The molecular weight excluding hydrogens is 234 g/mol. The van der Waals surface area contributed by atoms with Crippen molar-refractivity contribution in [2.24, 2.45) is 0 Å². The minimum atomic E-state index is -0.593. The van der Waals surface area contributed by atoms with Crippen LogP contribution in [-0.2, 0) is 16.1 Å². The molecule has 1 aromatic carbocycles. The molecule has 0 unspecified atom stereocenters. The van der Waals surface area contributed by atoms with E-state index in [0.29, 0.717) is 11.5 Å². The lowest BCUT2D eigenvalue weighted by Crippen LogP contribution is -2.28. The molecule has 1 amide bonds. The topological polar surface area (TPSA) is 64.6 Å². The summed E-state index contributed by atoms with van der Waals surface area (Å²) in [5, 5.41) is 2.54. The molecule has 1 aromatic rings. The van der Waals surface area contributed by atoms with Crippen molar-refractivity contribution in [3.63, 3.8) is 0 Å². The van der Waals surface area contributed by atoms with E-state index in [9.17, 15) is 9.59 Å². The van der Waals surface area contributed by atoms with Gasteiger partial charge in [-0.2, -0.15) is 0 Å². The van der Waals surface area contributed by atoms with Crippen LogP contribution in [0.3, 0.4) is 0 Å². The third kappa shape index (κ3) is 3.23. The number of nitrogens with one attached hydrogen (secondary N) is 1. The van der Waals surface area contributed by atoms with Gasteiger partial charge < -0.3 is 14.8 Å².